The molecule has 3 nitrogen and oxygen atoms in total. The van der Waals surface area contributed by atoms with Crippen molar-refractivity contribution in [2.75, 3.05) is 18.0 Å². The Labute approximate surface area is 104 Å². The largest absolute Gasteiger partial charge is 0.370 e. The summed E-state index contributed by atoms with van der Waals surface area (Å²) in [4.78, 5) is 6.90. The molecule has 1 aromatic heterocycles. The zero-order valence-electron chi connectivity index (χ0n) is 11.1. The molecule has 2 N–H and O–H groups in total. The monoisotopic (exact) mass is 233 g/mol. The van der Waals surface area contributed by atoms with E-state index in [9.17, 15) is 0 Å². The molecule has 94 valence electrons. The van der Waals surface area contributed by atoms with Crippen molar-refractivity contribution in [1.29, 1.82) is 0 Å². The number of pyridine rings is 1. The first-order valence-corrected chi connectivity index (χ1v) is 6.58. The number of hydrogen-bond acceptors (Lipinski definition) is 3. The van der Waals surface area contributed by atoms with Crippen LogP contribution in [0.25, 0.3) is 0 Å². The van der Waals surface area contributed by atoms with Crippen LogP contribution in [-0.2, 0) is 0 Å². The predicted octanol–water partition coefficient (Wildman–Crippen LogP) is 2.58. The third-order valence-corrected chi connectivity index (χ3v) is 3.94. The first-order chi connectivity index (χ1) is 8.11. The highest BCUT2D eigenvalue weighted by Gasteiger charge is 2.26. The van der Waals surface area contributed by atoms with E-state index in [0.29, 0.717) is 0 Å². The van der Waals surface area contributed by atoms with Crippen LogP contribution in [0.5, 0.6) is 0 Å². The average molecular weight is 233 g/mol. The molecule has 0 saturated carbocycles. The molecular formula is C14H23N3. The highest BCUT2D eigenvalue weighted by Crippen LogP contribution is 2.27. The van der Waals surface area contributed by atoms with Crippen LogP contribution < -0.4 is 10.6 Å². The summed E-state index contributed by atoms with van der Waals surface area (Å²) >= 11 is 0. The van der Waals surface area contributed by atoms with Crippen LogP contribution in [0.15, 0.2) is 18.3 Å². The van der Waals surface area contributed by atoms with Gasteiger partial charge in [-0.2, -0.15) is 0 Å². The van der Waals surface area contributed by atoms with Gasteiger partial charge in [-0.1, -0.05) is 20.8 Å². The standard InChI is InChI=1S/C14H23N3/c1-4-13(15)14-6-5-12(7-16-14)17-8-10(2)11(3)9-17/h5-7,10-11,13H,4,8-9,15H2,1-3H3/t10?,11?,13-/m0/s1. The number of nitrogens with zero attached hydrogens (tertiary/aromatic N) is 2. The summed E-state index contributed by atoms with van der Waals surface area (Å²) in [6, 6.07) is 4.29. The van der Waals surface area contributed by atoms with Crippen molar-refractivity contribution in [2.45, 2.75) is 33.2 Å². The van der Waals surface area contributed by atoms with Gasteiger partial charge in [0.25, 0.3) is 0 Å². The molecule has 1 aromatic rings. The highest BCUT2D eigenvalue weighted by molar-refractivity contribution is 5.46. The molecule has 0 amide bonds. The molecule has 2 rings (SSSR count). The fraction of sp³-hybridized carbons (Fsp3) is 0.643. The molecule has 0 spiro atoms. The van der Waals surface area contributed by atoms with Gasteiger partial charge in [0.2, 0.25) is 0 Å². The molecule has 1 fully saturated rings. The molecule has 3 heteroatoms. The second-order valence-corrected chi connectivity index (χ2v) is 5.32. The first kappa shape index (κ1) is 12.4. The van der Waals surface area contributed by atoms with Gasteiger partial charge in [-0.3, -0.25) is 4.98 Å². The summed E-state index contributed by atoms with van der Waals surface area (Å²) in [6.45, 7) is 9.01. The summed E-state index contributed by atoms with van der Waals surface area (Å²) < 4.78 is 0. The van der Waals surface area contributed by atoms with Crippen LogP contribution in [0, 0.1) is 11.8 Å². The Balaban J connectivity index is 2.08. The summed E-state index contributed by atoms with van der Waals surface area (Å²) in [7, 11) is 0. The van der Waals surface area contributed by atoms with Crippen molar-refractivity contribution in [3.8, 4) is 0 Å². The predicted molar refractivity (Wildman–Crippen MR) is 72.0 cm³/mol. The summed E-state index contributed by atoms with van der Waals surface area (Å²) in [5.41, 5.74) is 8.19. The van der Waals surface area contributed by atoms with Crippen LogP contribution in [-0.4, -0.2) is 18.1 Å². The minimum Gasteiger partial charge on any atom is -0.370 e. The summed E-state index contributed by atoms with van der Waals surface area (Å²) in [6.07, 6.45) is 2.90. The van der Waals surface area contributed by atoms with Crippen LogP contribution in [0.4, 0.5) is 5.69 Å². The quantitative estimate of drug-likeness (QED) is 0.872. The summed E-state index contributed by atoms with van der Waals surface area (Å²) in [5.74, 6) is 1.54. The van der Waals surface area contributed by atoms with Gasteiger partial charge in [0, 0.05) is 19.1 Å². The average Bonchev–Trinajstić information content (AvgIpc) is 2.69. The molecule has 0 radical (unpaired) electrons. The number of rotatable bonds is 3. The Morgan fingerprint density at radius 2 is 2.00 bits per heavy atom. The van der Waals surface area contributed by atoms with E-state index in [2.05, 4.69) is 42.8 Å². The first-order valence-electron chi connectivity index (χ1n) is 6.58. The van der Waals surface area contributed by atoms with Gasteiger partial charge in [0.15, 0.2) is 0 Å². The SMILES string of the molecule is CC[C@H](N)c1ccc(N2CC(C)C(C)C2)cn1. The van der Waals surface area contributed by atoms with Gasteiger partial charge in [-0.25, -0.2) is 0 Å². The molecule has 1 aliphatic heterocycles. The molecule has 0 bridgehead atoms. The van der Waals surface area contributed by atoms with Gasteiger partial charge in [-0.15, -0.1) is 0 Å². The Bertz CT molecular complexity index is 350. The molecule has 0 aromatic carbocycles. The molecule has 17 heavy (non-hydrogen) atoms. The Kier molecular flexibility index (Phi) is 3.67. The van der Waals surface area contributed by atoms with Gasteiger partial charge < -0.3 is 10.6 Å². The maximum absolute atomic E-state index is 5.97. The molecule has 2 heterocycles. The van der Waals surface area contributed by atoms with Gasteiger partial charge in [-0.05, 0) is 30.4 Å². The fourth-order valence-electron chi connectivity index (χ4n) is 2.35. The Morgan fingerprint density at radius 1 is 1.35 bits per heavy atom. The number of nitrogens with two attached hydrogens (primary N) is 1. The van der Waals surface area contributed by atoms with Crippen LogP contribution >= 0.6 is 0 Å². The minimum atomic E-state index is 0.0699. The smallest absolute Gasteiger partial charge is 0.0572 e. The number of hydrogen-bond donors (Lipinski definition) is 1. The molecule has 2 unspecified atom stereocenters. The third kappa shape index (κ3) is 2.60. The third-order valence-electron chi connectivity index (χ3n) is 3.94. The van der Waals surface area contributed by atoms with E-state index >= 15 is 0 Å². The summed E-state index contributed by atoms with van der Waals surface area (Å²) in [5, 5.41) is 0. The van der Waals surface area contributed by atoms with Crippen molar-refractivity contribution in [3.05, 3.63) is 24.0 Å². The minimum absolute atomic E-state index is 0.0699. The van der Waals surface area contributed by atoms with E-state index < -0.39 is 0 Å². The van der Waals surface area contributed by atoms with Crippen molar-refractivity contribution in [3.63, 3.8) is 0 Å². The van der Waals surface area contributed by atoms with Crippen molar-refractivity contribution < 1.29 is 0 Å². The maximum Gasteiger partial charge on any atom is 0.0572 e. The second kappa shape index (κ2) is 5.05. The lowest BCUT2D eigenvalue weighted by Crippen LogP contribution is -2.20. The van der Waals surface area contributed by atoms with Crippen LogP contribution in [0.3, 0.4) is 0 Å². The lowest BCUT2D eigenvalue weighted by atomic mass is 10.0. The molecule has 1 aliphatic rings. The zero-order valence-corrected chi connectivity index (χ0v) is 11.1. The van der Waals surface area contributed by atoms with E-state index in [0.717, 1.165) is 37.0 Å². The van der Waals surface area contributed by atoms with Crippen LogP contribution in [0.1, 0.15) is 38.9 Å². The van der Waals surface area contributed by atoms with Crippen molar-refractivity contribution in [1.82, 2.24) is 4.98 Å². The fourth-order valence-corrected chi connectivity index (χ4v) is 2.35. The highest BCUT2D eigenvalue weighted by atomic mass is 15.2. The normalized spacial score (nSPS) is 26.2. The van der Waals surface area contributed by atoms with E-state index in [1.165, 1.54) is 5.69 Å². The molecule has 0 aliphatic carbocycles. The molecule has 3 atom stereocenters. The maximum atomic E-state index is 5.97. The molecular weight excluding hydrogens is 210 g/mol. The van der Waals surface area contributed by atoms with Gasteiger partial charge in [0.05, 0.1) is 17.6 Å². The van der Waals surface area contributed by atoms with E-state index in [-0.39, 0.29) is 6.04 Å². The van der Waals surface area contributed by atoms with Crippen LogP contribution in [0.2, 0.25) is 0 Å². The van der Waals surface area contributed by atoms with Gasteiger partial charge >= 0.3 is 0 Å². The number of aromatic nitrogens is 1. The van der Waals surface area contributed by atoms with Crippen molar-refractivity contribution >= 4 is 5.69 Å². The van der Waals surface area contributed by atoms with Gasteiger partial charge in [0.1, 0.15) is 0 Å². The van der Waals surface area contributed by atoms with E-state index in [1.54, 1.807) is 0 Å². The number of anilines is 1. The molecule has 1 saturated heterocycles. The lowest BCUT2D eigenvalue weighted by Gasteiger charge is -2.18. The second-order valence-electron chi connectivity index (χ2n) is 5.32. The van der Waals surface area contributed by atoms with E-state index in [4.69, 9.17) is 5.73 Å². The lowest BCUT2D eigenvalue weighted by molar-refractivity contribution is 0.494. The Hall–Kier alpha value is -1.09. The van der Waals surface area contributed by atoms with E-state index in [1.807, 2.05) is 6.20 Å². The topological polar surface area (TPSA) is 42.1 Å². The zero-order chi connectivity index (χ0) is 12.4. The van der Waals surface area contributed by atoms with Crippen molar-refractivity contribution in [2.24, 2.45) is 17.6 Å². The Morgan fingerprint density at radius 3 is 2.47 bits per heavy atom.